The molecule has 0 spiro atoms. The first-order chi connectivity index (χ1) is 9.72. The first-order valence-corrected chi connectivity index (χ1v) is 7.86. The molecular formula is C16H25ClN2O. The minimum atomic E-state index is 0.780. The largest absolute Gasteiger partial charge is 0.496 e. The van der Waals surface area contributed by atoms with Crippen LogP contribution >= 0.6 is 11.6 Å². The molecule has 4 heteroatoms. The van der Waals surface area contributed by atoms with Crippen molar-refractivity contribution in [3.63, 3.8) is 0 Å². The molecule has 112 valence electrons. The van der Waals surface area contributed by atoms with Gasteiger partial charge in [0.2, 0.25) is 0 Å². The molecule has 1 aliphatic rings. The van der Waals surface area contributed by atoms with Gasteiger partial charge in [-0.25, -0.2) is 0 Å². The Morgan fingerprint density at radius 3 is 2.75 bits per heavy atom. The summed E-state index contributed by atoms with van der Waals surface area (Å²) in [6.45, 7) is 7.64. The van der Waals surface area contributed by atoms with E-state index in [-0.39, 0.29) is 0 Å². The zero-order chi connectivity index (χ0) is 14.4. The van der Waals surface area contributed by atoms with E-state index < -0.39 is 0 Å². The molecule has 0 aliphatic carbocycles. The van der Waals surface area contributed by atoms with Gasteiger partial charge in [0.15, 0.2) is 0 Å². The third-order valence-electron chi connectivity index (χ3n) is 4.03. The maximum atomic E-state index is 6.09. The van der Waals surface area contributed by atoms with Crippen molar-refractivity contribution in [3.8, 4) is 5.75 Å². The molecule has 20 heavy (non-hydrogen) atoms. The van der Waals surface area contributed by atoms with E-state index in [1.165, 1.54) is 18.4 Å². The van der Waals surface area contributed by atoms with E-state index in [2.05, 4.69) is 17.1 Å². The molecule has 0 saturated carbocycles. The SMILES string of the molecule is CCNCC1CCN(Cc2cc(Cl)ccc2OC)CC1. The van der Waals surface area contributed by atoms with E-state index in [9.17, 15) is 0 Å². The fraction of sp³-hybridized carbons (Fsp3) is 0.625. The number of methoxy groups -OCH3 is 1. The number of nitrogens with one attached hydrogen (secondary N) is 1. The summed E-state index contributed by atoms with van der Waals surface area (Å²) >= 11 is 6.09. The lowest BCUT2D eigenvalue weighted by atomic mass is 9.96. The molecule has 2 rings (SSSR count). The predicted octanol–water partition coefficient (Wildman–Crippen LogP) is 3.17. The first-order valence-electron chi connectivity index (χ1n) is 7.48. The van der Waals surface area contributed by atoms with E-state index in [0.29, 0.717) is 0 Å². The van der Waals surface area contributed by atoms with Gasteiger partial charge in [0, 0.05) is 17.1 Å². The van der Waals surface area contributed by atoms with Crippen molar-refractivity contribution >= 4 is 11.6 Å². The van der Waals surface area contributed by atoms with E-state index in [1.54, 1.807) is 7.11 Å². The smallest absolute Gasteiger partial charge is 0.123 e. The third-order valence-corrected chi connectivity index (χ3v) is 4.26. The van der Waals surface area contributed by atoms with Crippen LogP contribution in [0, 0.1) is 5.92 Å². The molecule has 0 unspecified atom stereocenters. The van der Waals surface area contributed by atoms with Crippen LogP contribution in [0.2, 0.25) is 5.02 Å². The quantitative estimate of drug-likeness (QED) is 0.873. The summed E-state index contributed by atoms with van der Waals surface area (Å²) in [5, 5.41) is 4.23. The highest BCUT2D eigenvalue weighted by molar-refractivity contribution is 6.30. The molecule has 1 heterocycles. The predicted molar refractivity (Wildman–Crippen MR) is 84.5 cm³/mol. The highest BCUT2D eigenvalue weighted by atomic mass is 35.5. The first kappa shape index (κ1) is 15.6. The van der Waals surface area contributed by atoms with Crippen LogP contribution in [-0.2, 0) is 6.54 Å². The van der Waals surface area contributed by atoms with Crippen molar-refractivity contribution in [2.75, 3.05) is 33.3 Å². The molecule has 0 amide bonds. The molecule has 0 bridgehead atoms. The highest BCUT2D eigenvalue weighted by Crippen LogP contribution is 2.26. The van der Waals surface area contributed by atoms with Crippen LogP contribution in [0.1, 0.15) is 25.3 Å². The molecular weight excluding hydrogens is 272 g/mol. The lowest BCUT2D eigenvalue weighted by Gasteiger charge is -2.32. The highest BCUT2D eigenvalue weighted by Gasteiger charge is 2.19. The van der Waals surface area contributed by atoms with Gasteiger partial charge in [0.1, 0.15) is 5.75 Å². The van der Waals surface area contributed by atoms with Gasteiger partial charge in [-0.15, -0.1) is 0 Å². The Morgan fingerprint density at radius 1 is 1.35 bits per heavy atom. The summed E-state index contributed by atoms with van der Waals surface area (Å²) < 4.78 is 5.42. The zero-order valence-corrected chi connectivity index (χ0v) is 13.2. The average Bonchev–Trinajstić information content (AvgIpc) is 2.47. The van der Waals surface area contributed by atoms with Crippen molar-refractivity contribution in [2.45, 2.75) is 26.3 Å². The number of benzene rings is 1. The van der Waals surface area contributed by atoms with Gasteiger partial charge in [0.05, 0.1) is 7.11 Å². The van der Waals surface area contributed by atoms with Gasteiger partial charge in [-0.3, -0.25) is 4.90 Å². The van der Waals surface area contributed by atoms with Crippen molar-refractivity contribution < 1.29 is 4.74 Å². The van der Waals surface area contributed by atoms with Gasteiger partial charge in [-0.05, 0) is 63.1 Å². The Hall–Kier alpha value is -0.770. The number of rotatable bonds is 6. The van der Waals surface area contributed by atoms with Gasteiger partial charge in [-0.2, -0.15) is 0 Å². The Morgan fingerprint density at radius 2 is 2.10 bits per heavy atom. The minimum absolute atomic E-state index is 0.780. The second-order valence-electron chi connectivity index (χ2n) is 5.48. The summed E-state index contributed by atoms with van der Waals surface area (Å²) in [5.41, 5.74) is 1.19. The lowest BCUT2D eigenvalue weighted by molar-refractivity contribution is 0.174. The van der Waals surface area contributed by atoms with Crippen LogP contribution in [-0.4, -0.2) is 38.2 Å². The van der Waals surface area contributed by atoms with Crippen molar-refractivity contribution in [1.82, 2.24) is 10.2 Å². The van der Waals surface area contributed by atoms with Crippen molar-refractivity contribution in [2.24, 2.45) is 5.92 Å². The standard InChI is InChI=1S/C16H25ClN2O/c1-3-18-11-13-6-8-19(9-7-13)12-14-10-15(17)4-5-16(14)20-2/h4-5,10,13,18H,3,6-9,11-12H2,1-2H3. The molecule has 0 radical (unpaired) electrons. The van der Waals surface area contributed by atoms with Gasteiger partial charge in [0.25, 0.3) is 0 Å². The van der Waals surface area contributed by atoms with Gasteiger partial charge >= 0.3 is 0 Å². The van der Waals surface area contributed by atoms with Crippen LogP contribution in [0.5, 0.6) is 5.75 Å². The zero-order valence-electron chi connectivity index (χ0n) is 12.5. The summed E-state index contributed by atoms with van der Waals surface area (Å²) in [6, 6.07) is 5.85. The molecule has 1 aromatic rings. The number of hydrogen-bond acceptors (Lipinski definition) is 3. The number of hydrogen-bond donors (Lipinski definition) is 1. The monoisotopic (exact) mass is 296 g/mol. The number of nitrogens with zero attached hydrogens (tertiary/aromatic N) is 1. The fourth-order valence-electron chi connectivity index (χ4n) is 2.81. The molecule has 0 aromatic heterocycles. The number of piperidine rings is 1. The Kier molecular flexibility index (Phi) is 6.14. The fourth-order valence-corrected chi connectivity index (χ4v) is 3.00. The van der Waals surface area contributed by atoms with E-state index in [4.69, 9.17) is 16.3 Å². The lowest BCUT2D eigenvalue weighted by Crippen LogP contribution is -2.36. The van der Waals surface area contributed by atoms with Crippen LogP contribution in [0.4, 0.5) is 0 Å². The van der Waals surface area contributed by atoms with Crippen LogP contribution in [0.15, 0.2) is 18.2 Å². The van der Waals surface area contributed by atoms with E-state index >= 15 is 0 Å². The number of ether oxygens (including phenoxy) is 1. The average molecular weight is 297 g/mol. The number of halogens is 1. The minimum Gasteiger partial charge on any atom is -0.496 e. The number of likely N-dealkylation sites (tertiary alicyclic amines) is 1. The second-order valence-corrected chi connectivity index (χ2v) is 5.92. The Labute approximate surface area is 127 Å². The van der Waals surface area contributed by atoms with Crippen molar-refractivity contribution in [3.05, 3.63) is 28.8 Å². The van der Waals surface area contributed by atoms with E-state index in [1.807, 2.05) is 18.2 Å². The molecule has 1 aromatic carbocycles. The maximum absolute atomic E-state index is 6.09. The van der Waals surface area contributed by atoms with Crippen LogP contribution < -0.4 is 10.1 Å². The van der Waals surface area contributed by atoms with Crippen LogP contribution in [0.25, 0.3) is 0 Å². The van der Waals surface area contributed by atoms with Crippen molar-refractivity contribution in [1.29, 1.82) is 0 Å². The summed E-state index contributed by atoms with van der Waals surface area (Å²) in [5.74, 6) is 1.76. The second kappa shape index (κ2) is 7.87. The topological polar surface area (TPSA) is 24.5 Å². The molecule has 3 nitrogen and oxygen atoms in total. The molecule has 1 aliphatic heterocycles. The Balaban J connectivity index is 1.87. The third kappa shape index (κ3) is 4.37. The van der Waals surface area contributed by atoms with Gasteiger partial charge in [-0.1, -0.05) is 18.5 Å². The maximum Gasteiger partial charge on any atom is 0.123 e. The van der Waals surface area contributed by atoms with Crippen LogP contribution in [0.3, 0.4) is 0 Å². The summed E-state index contributed by atoms with van der Waals surface area (Å²) in [4.78, 5) is 2.50. The molecule has 1 N–H and O–H groups in total. The van der Waals surface area contributed by atoms with Gasteiger partial charge < -0.3 is 10.1 Å². The molecule has 1 saturated heterocycles. The molecule has 0 atom stereocenters. The summed E-state index contributed by atoms with van der Waals surface area (Å²) in [6.07, 6.45) is 2.55. The molecule has 1 fully saturated rings. The summed E-state index contributed by atoms with van der Waals surface area (Å²) in [7, 11) is 1.72. The Bertz CT molecular complexity index is 417. The normalized spacial score (nSPS) is 17.4. The van der Waals surface area contributed by atoms with E-state index in [0.717, 1.165) is 49.4 Å².